The number of aliphatic hydroxyl groups excluding tert-OH is 2. The number of aliphatic hydroxyl groups is 2. The predicted octanol–water partition coefficient (Wildman–Crippen LogP) is 2.23. The van der Waals surface area contributed by atoms with Crippen molar-refractivity contribution in [1.29, 1.82) is 0 Å². The Morgan fingerprint density at radius 3 is 2.28 bits per heavy atom. The molecule has 2 N–H and O–H groups in total. The van der Waals surface area contributed by atoms with Gasteiger partial charge in [0.2, 0.25) is 0 Å². The maximum atomic E-state index is 9.29. The minimum atomic E-state index is -0.527. The Labute approximate surface area is 109 Å². The Kier molecular flexibility index (Phi) is 6.05. The first-order chi connectivity index (χ1) is 8.69. The van der Waals surface area contributed by atoms with Gasteiger partial charge in [-0.2, -0.15) is 0 Å². The third kappa shape index (κ3) is 3.95. The van der Waals surface area contributed by atoms with Crippen LogP contribution in [0.5, 0.6) is 0 Å². The van der Waals surface area contributed by atoms with Crippen LogP contribution >= 0.6 is 0 Å². The molecule has 0 spiro atoms. The Hall–Kier alpha value is -1.16. The van der Waals surface area contributed by atoms with Gasteiger partial charge in [0.05, 0.1) is 26.4 Å². The van der Waals surface area contributed by atoms with Crippen molar-refractivity contribution < 1.29 is 14.9 Å². The summed E-state index contributed by atoms with van der Waals surface area (Å²) in [5.41, 5.74) is 1.62. The van der Waals surface area contributed by atoms with Crippen molar-refractivity contribution in [2.75, 3.05) is 19.8 Å². The zero-order valence-corrected chi connectivity index (χ0v) is 10.9. The Bertz CT molecular complexity index is 344. The molecule has 0 bridgehead atoms. The van der Waals surface area contributed by atoms with Crippen molar-refractivity contribution >= 4 is 6.08 Å². The Balaban J connectivity index is 2.47. The lowest BCUT2D eigenvalue weighted by Crippen LogP contribution is -2.34. The lowest BCUT2D eigenvalue weighted by atomic mass is 9.88. The maximum absolute atomic E-state index is 9.29. The van der Waals surface area contributed by atoms with Crippen molar-refractivity contribution in [2.24, 2.45) is 5.41 Å². The van der Waals surface area contributed by atoms with Gasteiger partial charge in [0.25, 0.3) is 0 Å². The summed E-state index contributed by atoms with van der Waals surface area (Å²) < 4.78 is 5.59. The molecule has 0 fully saturated rings. The number of rotatable bonds is 8. The molecule has 3 heteroatoms. The summed E-state index contributed by atoms with van der Waals surface area (Å²) in [7, 11) is 0. The van der Waals surface area contributed by atoms with Crippen LogP contribution in [0, 0.1) is 5.41 Å². The lowest BCUT2D eigenvalue weighted by Gasteiger charge is -2.27. The van der Waals surface area contributed by atoms with E-state index in [1.807, 2.05) is 31.2 Å². The molecule has 0 unspecified atom stereocenters. The van der Waals surface area contributed by atoms with Crippen molar-refractivity contribution in [1.82, 2.24) is 0 Å². The quantitative estimate of drug-likeness (QED) is 0.744. The van der Waals surface area contributed by atoms with Crippen LogP contribution in [-0.2, 0) is 11.3 Å². The maximum Gasteiger partial charge on any atom is 0.0717 e. The largest absolute Gasteiger partial charge is 0.396 e. The summed E-state index contributed by atoms with van der Waals surface area (Å²) in [6.45, 7) is 6.37. The van der Waals surface area contributed by atoms with Crippen molar-refractivity contribution in [2.45, 2.75) is 20.0 Å². The summed E-state index contributed by atoms with van der Waals surface area (Å²) in [4.78, 5) is 0. The van der Waals surface area contributed by atoms with Crippen LogP contribution in [0.2, 0.25) is 0 Å². The molecule has 0 saturated heterocycles. The zero-order chi connectivity index (χ0) is 13.4. The second-order valence-corrected chi connectivity index (χ2v) is 4.61. The molecule has 0 radical (unpaired) electrons. The van der Waals surface area contributed by atoms with Crippen LogP contribution in [0.1, 0.15) is 24.5 Å². The van der Waals surface area contributed by atoms with Crippen LogP contribution in [0.15, 0.2) is 30.8 Å². The third-order valence-corrected chi connectivity index (χ3v) is 3.31. The molecule has 1 rings (SSSR count). The van der Waals surface area contributed by atoms with Crippen molar-refractivity contribution in [3.05, 3.63) is 42.0 Å². The van der Waals surface area contributed by atoms with Gasteiger partial charge in [-0.1, -0.05) is 43.8 Å². The molecule has 0 amide bonds. The van der Waals surface area contributed by atoms with Gasteiger partial charge in [-0.25, -0.2) is 0 Å². The molecule has 0 saturated carbocycles. The van der Waals surface area contributed by atoms with Crippen molar-refractivity contribution in [3.8, 4) is 0 Å². The molecule has 18 heavy (non-hydrogen) atoms. The first-order valence-electron chi connectivity index (χ1n) is 6.20. The number of hydrogen-bond acceptors (Lipinski definition) is 3. The predicted molar refractivity (Wildman–Crippen MR) is 73.1 cm³/mol. The third-order valence-electron chi connectivity index (χ3n) is 3.31. The van der Waals surface area contributed by atoms with Gasteiger partial charge < -0.3 is 14.9 Å². The average Bonchev–Trinajstić information content (AvgIpc) is 2.45. The summed E-state index contributed by atoms with van der Waals surface area (Å²) in [6, 6.07) is 7.94. The fourth-order valence-electron chi connectivity index (χ4n) is 1.60. The molecule has 0 atom stereocenters. The summed E-state index contributed by atoms with van der Waals surface area (Å²) >= 11 is 0. The Morgan fingerprint density at radius 2 is 1.83 bits per heavy atom. The molecular weight excluding hydrogens is 228 g/mol. The number of ether oxygens (including phenoxy) is 1. The highest BCUT2D eigenvalue weighted by Gasteiger charge is 2.26. The topological polar surface area (TPSA) is 49.7 Å². The lowest BCUT2D eigenvalue weighted by molar-refractivity contribution is -0.0354. The van der Waals surface area contributed by atoms with Gasteiger partial charge in [0, 0.05) is 5.41 Å². The molecule has 0 aliphatic carbocycles. The number of benzene rings is 1. The molecule has 1 aromatic rings. The first kappa shape index (κ1) is 14.9. The first-order valence-corrected chi connectivity index (χ1v) is 6.20. The van der Waals surface area contributed by atoms with Crippen LogP contribution < -0.4 is 0 Å². The van der Waals surface area contributed by atoms with Crippen LogP contribution in [0.25, 0.3) is 6.08 Å². The number of hydrogen-bond donors (Lipinski definition) is 2. The van der Waals surface area contributed by atoms with E-state index >= 15 is 0 Å². The van der Waals surface area contributed by atoms with E-state index in [0.29, 0.717) is 19.6 Å². The van der Waals surface area contributed by atoms with Gasteiger partial charge in [0.15, 0.2) is 0 Å². The van der Waals surface area contributed by atoms with Gasteiger partial charge >= 0.3 is 0 Å². The van der Waals surface area contributed by atoms with E-state index in [1.54, 1.807) is 6.08 Å². The smallest absolute Gasteiger partial charge is 0.0717 e. The van der Waals surface area contributed by atoms with E-state index in [4.69, 9.17) is 4.74 Å². The van der Waals surface area contributed by atoms with Gasteiger partial charge in [0.1, 0.15) is 0 Å². The molecular formula is C15H22O3. The van der Waals surface area contributed by atoms with E-state index in [-0.39, 0.29) is 13.2 Å². The summed E-state index contributed by atoms with van der Waals surface area (Å²) in [6.07, 6.45) is 2.49. The molecule has 0 aromatic heterocycles. The molecule has 100 valence electrons. The van der Waals surface area contributed by atoms with Gasteiger partial charge in [-0.3, -0.25) is 0 Å². The second-order valence-electron chi connectivity index (χ2n) is 4.61. The normalized spacial score (nSPS) is 11.5. The second kappa shape index (κ2) is 7.31. The van der Waals surface area contributed by atoms with Crippen LogP contribution in [0.3, 0.4) is 0 Å². The van der Waals surface area contributed by atoms with Crippen LogP contribution in [-0.4, -0.2) is 30.0 Å². The zero-order valence-electron chi connectivity index (χ0n) is 10.9. The average molecular weight is 250 g/mol. The fourth-order valence-corrected chi connectivity index (χ4v) is 1.60. The molecule has 1 aromatic carbocycles. The SMILES string of the molecule is C=Cc1ccc(COCC(CC)(CO)CO)cc1. The van der Waals surface area contributed by atoms with Gasteiger partial charge in [-0.05, 0) is 17.5 Å². The van der Waals surface area contributed by atoms with E-state index in [1.165, 1.54) is 0 Å². The van der Waals surface area contributed by atoms with E-state index in [9.17, 15) is 10.2 Å². The monoisotopic (exact) mass is 250 g/mol. The molecule has 0 aliphatic heterocycles. The van der Waals surface area contributed by atoms with E-state index in [0.717, 1.165) is 11.1 Å². The molecule has 0 aliphatic rings. The van der Waals surface area contributed by atoms with Crippen molar-refractivity contribution in [3.63, 3.8) is 0 Å². The highest BCUT2D eigenvalue weighted by molar-refractivity contribution is 5.47. The highest BCUT2D eigenvalue weighted by Crippen LogP contribution is 2.21. The highest BCUT2D eigenvalue weighted by atomic mass is 16.5. The summed E-state index contributed by atoms with van der Waals surface area (Å²) in [5, 5.41) is 18.6. The van der Waals surface area contributed by atoms with E-state index in [2.05, 4.69) is 6.58 Å². The summed E-state index contributed by atoms with van der Waals surface area (Å²) in [5.74, 6) is 0. The van der Waals surface area contributed by atoms with Crippen LogP contribution in [0.4, 0.5) is 0 Å². The molecule has 0 heterocycles. The molecule has 3 nitrogen and oxygen atoms in total. The Morgan fingerprint density at radius 1 is 1.22 bits per heavy atom. The fraction of sp³-hybridized carbons (Fsp3) is 0.467. The van der Waals surface area contributed by atoms with E-state index < -0.39 is 5.41 Å². The van der Waals surface area contributed by atoms with Gasteiger partial charge in [-0.15, -0.1) is 0 Å². The standard InChI is InChI=1S/C15H22O3/c1-3-13-5-7-14(8-6-13)9-18-12-15(4-2,10-16)11-17/h3,5-8,16-17H,1,4,9-12H2,2H3. The minimum Gasteiger partial charge on any atom is -0.396 e. The minimum absolute atomic E-state index is 0.0601.